The van der Waals surface area contributed by atoms with E-state index in [0.29, 0.717) is 17.1 Å². The van der Waals surface area contributed by atoms with Crippen LogP contribution in [0.1, 0.15) is 11.1 Å². The van der Waals surface area contributed by atoms with Gasteiger partial charge in [0.2, 0.25) is 0 Å². The third kappa shape index (κ3) is 1.96. The number of halogens is 2. The molecule has 0 unspecified atom stereocenters. The summed E-state index contributed by atoms with van der Waals surface area (Å²) in [7, 11) is 1.83. The molecule has 66 valence electrons. The van der Waals surface area contributed by atoms with Gasteiger partial charge >= 0.3 is 0 Å². The van der Waals surface area contributed by atoms with E-state index >= 15 is 0 Å². The molecule has 0 aliphatic carbocycles. The first kappa shape index (κ1) is 9.49. The van der Waals surface area contributed by atoms with Crippen LogP contribution in [0.3, 0.4) is 0 Å². The standard InChI is InChI=1S/C9H11ClFN/c1-6-3-7(5-12-2)8(10)4-9(6)11/h3-4,12H,5H2,1-2H3. The first-order chi connectivity index (χ1) is 5.65. The van der Waals surface area contributed by atoms with Crippen LogP contribution in [0.2, 0.25) is 5.02 Å². The van der Waals surface area contributed by atoms with E-state index in [9.17, 15) is 4.39 Å². The molecule has 0 fully saturated rings. The molecular weight excluding hydrogens is 177 g/mol. The zero-order valence-electron chi connectivity index (χ0n) is 7.12. The highest BCUT2D eigenvalue weighted by Crippen LogP contribution is 2.19. The van der Waals surface area contributed by atoms with Gasteiger partial charge in [-0.1, -0.05) is 17.7 Å². The van der Waals surface area contributed by atoms with Gasteiger partial charge < -0.3 is 5.32 Å². The lowest BCUT2D eigenvalue weighted by molar-refractivity contribution is 0.617. The fraction of sp³-hybridized carbons (Fsp3) is 0.333. The fourth-order valence-electron chi connectivity index (χ4n) is 1.04. The van der Waals surface area contributed by atoms with Crippen LogP contribution in [-0.4, -0.2) is 7.05 Å². The Morgan fingerprint density at radius 2 is 2.17 bits per heavy atom. The third-order valence-corrected chi connectivity index (χ3v) is 2.05. The third-order valence-electron chi connectivity index (χ3n) is 1.69. The number of hydrogen-bond donors (Lipinski definition) is 1. The van der Waals surface area contributed by atoms with Crippen LogP contribution in [0.15, 0.2) is 12.1 Å². The maximum absolute atomic E-state index is 12.9. The molecule has 1 aromatic rings. The summed E-state index contributed by atoms with van der Waals surface area (Å²) in [4.78, 5) is 0. The molecule has 0 saturated heterocycles. The number of rotatable bonds is 2. The molecule has 1 N–H and O–H groups in total. The van der Waals surface area contributed by atoms with Gasteiger partial charge in [0.05, 0.1) is 0 Å². The maximum Gasteiger partial charge on any atom is 0.127 e. The molecule has 0 aliphatic rings. The van der Waals surface area contributed by atoms with Crippen LogP contribution in [0.5, 0.6) is 0 Å². The average Bonchev–Trinajstić information content (AvgIpc) is 2.01. The van der Waals surface area contributed by atoms with E-state index in [2.05, 4.69) is 5.32 Å². The van der Waals surface area contributed by atoms with Crippen LogP contribution >= 0.6 is 11.6 Å². The highest BCUT2D eigenvalue weighted by molar-refractivity contribution is 6.31. The van der Waals surface area contributed by atoms with E-state index in [1.807, 2.05) is 7.05 Å². The van der Waals surface area contributed by atoms with Gasteiger partial charge in [0.25, 0.3) is 0 Å². The predicted octanol–water partition coefficient (Wildman–Crippen LogP) is 2.51. The van der Waals surface area contributed by atoms with Crippen molar-refractivity contribution in [2.45, 2.75) is 13.5 Å². The maximum atomic E-state index is 12.9. The summed E-state index contributed by atoms with van der Waals surface area (Å²) >= 11 is 5.80. The second-order valence-corrected chi connectivity index (χ2v) is 3.13. The Morgan fingerprint density at radius 1 is 1.50 bits per heavy atom. The molecule has 0 heterocycles. The van der Waals surface area contributed by atoms with Crippen molar-refractivity contribution in [3.63, 3.8) is 0 Å². The second kappa shape index (κ2) is 3.87. The van der Waals surface area contributed by atoms with Gasteiger partial charge in [0.15, 0.2) is 0 Å². The van der Waals surface area contributed by atoms with E-state index in [1.165, 1.54) is 6.07 Å². The molecule has 1 nitrogen and oxygen atoms in total. The molecule has 1 rings (SSSR count). The number of nitrogens with one attached hydrogen (secondary N) is 1. The van der Waals surface area contributed by atoms with Crippen molar-refractivity contribution in [1.29, 1.82) is 0 Å². The topological polar surface area (TPSA) is 12.0 Å². The lowest BCUT2D eigenvalue weighted by Crippen LogP contribution is -2.06. The van der Waals surface area contributed by atoms with Crippen LogP contribution in [0, 0.1) is 12.7 Å². The summed E-state index contributed by atoms with van der Waals surface area (Å²) in [6.07, 6.45) is 0. The molecule has 12 heavy (non-hydrogen) atoms. The highest BCUT2D eigenvalue weighted by atomic mass is 35.5. The second-order valence-electron chi connectivity index (χ2n) is 2.72. The van der Waals surface area contributed by atoms with Crippen molar-refractivity contribution in [3.8, 4) is 0 Å². The highest BCUT2D eigenvalue weighted by Gasteiger charge is 2.03. The largest absolute Gasteiger partial charge is 0.316 e. The van der Waals surface area contributed by atoms with Crippen molar-refractivity contribution >= 4 is 11.6 Å². The molecule has 0 aromatic heterocycles. The number of aryl methyl sites for hydroxylation is 1. The van der Waals surface area contributed by atoms with Crippen molar-refractivity contribution in [2.75, 3.05) is 7.05 Å². The summed E-state index contributed by atoms with van der Waals surface area (Å²) in [5.41, 5.74) is 1.56. The minimum atomic E-state index is -0.250. The van der Waals surface area contributed by atoms with Gasteiger partial charge in [-0.3, -0.25) is 0 Å². The fourth-order valence-corrected chi connectivity index (χ4v) is 1.26. The zero-order chi connectivity index (χ0) is 9.14. The summed E-state index contributed by atoms with van der Waals surface area (Å²) < 4.78 is 12.9. The first-order valence-electron chi connectivity index (χ1n) is 3.74. The van der Waals surface area contributed by atoms with Crippen LogP contribution < -0.4 is 5.32 Å². The molecule has 0 spiro atoms. The molecular formula is C9H11ClFN. The Balaban J connectivity index is 3.05. The molecule has 0 aliphatic heterocycles. The van der Waals surface area contributed by atoms with Crippen molar-refractivity contribution in [1.82, 2.24) is 5.32 Å². The monoisotopic (exact) mass is 187 g/mol. The van der Waals surface area contributed by atoms with Gasteiger partial charge in [-0.25, -0.2) is 4.39 Å². The number of hydrogen-bond acceptors (Lipinski definition) is 1. The minimum Gasteiger partial charge on any atom is -0.316 e. The predicted molar refractivity (Wildman–Crippen MR) is 48.9 cm³/mol. The van der Waals surface area contributed by atoms with E-state index in [-0.39, 0.29) is 5.82 Å². The average molecular weight is 188 g/mol. The SMILES string of the molecule is CNCc1cc(C)c(F)cc1Cl. The smallest absolute Gasteiger partial charge is 0.127 e. The van der Waals surface area contributed by atoms with Crippen LogP contribution in [0.25, 0.3) is 0 Å². The minimum absolute atomic E-state index is 0.250. The van der Waals surface area contributed by atoms with Crippen molar-refractivity contribution in [2.24, 2.45) is 0 Å². The molecule has 1 aromatic carbocycles. The summed E-state index contributed by atoms with van der Waals surface area (Å²) in [5.74, 6) is -0.250. The van der Waals surface area contributed by atoms with Gasteiger partial charge in [-0.05, 0) is 31.2 Å². The molecule has 0 radical (unpaired) electrons. The Morgan fingerprint density at radius 3 is 2.75 bits per heavy atom. The van der Waals surface area contributed by atoms with Gasteiger partial charge in [0.1, 0.15) is 5.82 Å². The van der Waals surface area contributed by atoms with Crippen molar-refractivity contribution < 1.29 is 4.39 Å². The normalized spacial score (nSPS) is 10.3. The van der Waals surface area contributed by atoms with Gasteiger partial charge in [-0.2, -0.15) is 0 Å². The van der Waals surface area contributed by atoms with E-state index in [4.69, 9.17) is 11.6 Å². The Hall–Kier alpha value is -0.600. The lowest BCUT2D eigenvalue weighted by Gasteiger charge is -2.05. The molecule has 3 heteroatoms. The first-order valence-corrected chi connectivity index (χ1v) is 4.12. The van der Waals surface area contributed by atoms with Crippen LogP contribution in [-0.2, 0) is 6.54 Å². The molecule has 0 saturated carbocycles. The zero-order valence-corrected chi connectivity index (χ0v) is 7.87. The van der Waals surface area contributed by atoms with Crippen molar-refractivity contribution in [3.05, 3.63) is 34.1 Å². The van der Waals surface area contributed by atoms with E-state index in [0.717, 1.165) is 5.56 Å². The Bertz CT molecular complexity index is 286. The molecule has 0 bridgehead atoms. The van der Waals surface area contributed by atoms with E-state index in [1.54, 1.807) is 13.0 Å². The summed E-state index contributed by atoms with van der Waals surface area (Å²) in [6, 6.07) is 3.11. The Labute approximate surface area is 76.5 Å². The lowest BCUT2D eigenvalue weighted by atomic mass is 10.1. The molecule has 0 atom stereocenters. The van der Waals surface area contributed by atoms with E-state index < -0.39 is 0 Å². The van der Waals surface area contributed by atoms with Crippen LogP contribution in [0.4, 0.5) is 4.39 Å². The molecule has 0 amide bonds. The Kier molecular flexibility index (Phi) is 3.06. The summed E-state index contributed by atoms with van der Waals surface area (Å²) in [5, 5.41) is 3.44. The van der Waals surface area contributed by atoms with Gasteiger partial charge in [-0.15, -0.1) is 0 Å². The number of benzene rings is 1. The van der Waals surface area contributed by atoms with Gasteiger partial charge in [0, 0.05) is 11.6 Å². The quantitative estimate of drug-likeness (QED) is 0.750. The summed E-state index contributed by atoms with van der Waals surface area (Å²) in [6.45, 7) is 2.39.